The molecular formula is C10H20N2O. The van der Waals surface area contributed by atoms with Gasteiger partial charge >= 0.3 is 0 Å². The second-order valence-corrected chi connectivity index (χ2v) is 5.32. The fraction of sp³-hybridized carbons (Fsp3) is 0.900. The van der Waals surface area contributed by atoms with Gasteiger partial charge in [-0.3, -0.25) is 4.79 Å². The van der Waals surface area contributed by atoms with Gasteiger partial charge in [-0.25, -0.2) is 0 Å². The molecule has 1 atom stereocenters. The third-order valence-electron chi connectivity index (χ3n) is 2.80. The van der Waals surface area contributed by atoms with E-state index in [0.717, 1.165) is 6.42 Å². The number of hydrogen-bond donors (Lipinski definition) is 2. The summed E-state index contributed by atoms with van der Waals surface area (Å²) in [6.45, 7) is 8.60. The molecule has 1 fully saturated rings. The van der Waals surface area contributed by atoms with Crippen molar-refractivity contribution in [2.45, 2.75) is 39.7 Å². The van der Waals surface area contributed by atoms with E-state index in [-0.39, 0.29) is 22.8 Å². The Morgan fingerprint density at radius 1 is 1.62 bits per heavy atom. The van der Waals surface area contributed by atoms with Gasteiger partial charge in [0.2, 0.25) is 5.91 Å². The van der Waals surface area contributed by atoms with E-state index in [1.165, 1.54) is 0 Å². The first kappa shape index (κ1) is 10.5. The van der Waals surface area contributed by atoms with E-state index in [0.29, 0.717) is 6.54 Å². The Hall–Kier alpha value is -0.570. The zero-order valence-corrected chi connectivity index (χ0v) is 8.98. The lowest BCUT2D eigenvalue weighted by molar-refractivity contribution is -0.124. The Kier molecular flexibility index (Phi) is 2.41. The van der Waals surface area contributed by atoms with Gasteiger partial charge in [-0.15, -0.1) is 0 Å². The summed E-state index contributed by atoms with van der Waals surface area (Å²) in [5, 5.41) is 2.96. The first-order valence-corrected chi connectivity index (χ1v) is 4.81. The number of amides is 1. The summed E-state index contributed by atoms with van der Waals surface area (Å²) < 4.78 is 0. The normalized spacial score (nSPS) is 25.5. The summed E-state index contributed by atoms with van der Waals surface area (Å²) >= 11 is 0. The Labute approximate surface area is 80.1 Å². The molecule has 3 nitrogen and oxygen atoms in total. The third kappa shape index (κ3) is 2.44. The highest BCUT2D eigenvalue weighted by Gasteiger charge is 2.51. The highest BCUT2D eigenvalue weighted by atomic mass is 16.2. The van der Waals surface area contributed by atoms with Crippen LogP contribution in [0.5, 0.6) is 0 Å². The van der Waals surface area contributed by atoms with Gasteiger partial charge < -0.3 is 11.1 Å². The standard InChI is InChI=1S/C10H20N2O/c1-9(2)5-7(9)8(13)12-10(3,4)6-11/h7H,5-6,11H2,1-4H3,(H,12,13). The lowest BCUT2D eigenvalue weighted by Crippen LogP contribution is -2.49. The van der Waals surface area contributed by atoms with E-state index in [2.05, 4.69) is 19.2 Å². The van der Waals surface area contributed by atoms with Crippen LogP contribution < -0.4 is 11.1 Å². The Bertz CT molecular complexity index is 221. The number of hydrogen-bond acceptors (Lipinski definition) is 2. The molecule has 1 saturated carbocycles. The molecule has 1 aliphatic carbocycles. The molecule has 3 N–H and O–H groups in total. The van der Waals surface area contributed by atoms with Crippen molar-refractivity contribution in [2.75, 3.05) is 6.54 Å². The monoisotopic (exact) mass is 184 g/mol. The number of nitrogens with two attached hydrogens (primary N) is 1. The molecule has 0 aromatic carbocycles. The van der Waals surface area contributed by atoms with Crippen LogP contribution in [0.1, 0.15) is 34.1 Å². The molecule has 0 aliphatic heterocycles. The number of carbonyl (C=O) groups excluding carboxylic acids is 1. The van der Waals surface area contributed by atoms with Gasteiger partial charge in [0, 0.05) is 18.0 Å². The molecule has 0 heterocycles. The molecule has 0 saturated heterocycles. The molecule has 0 aromatic rings. The molecule has 13 heavy (non-hydrogen) atoms. The average Bonchev–Trinajstić information content (AvgIpc) is 2.59. The van der Waals surface area contributed by atoms with Crippen LogP contribution in [0.2, 0.25) is 0 Å². The fourth-order valence-electron chi connectivity index (χ4n) is 1.39. The lowest BCUT2D eigenvalue weighted by Gasteiger charge is -2.24. The third-order valence-corrected chi connectivity index (χ3v) is 2.80. The maximum absolute atomic E-state index is 11.6. The number of carbonyl (C=O) groups is 1. The van der Waals surface area contributed by atoms with Crippen LogP contribution in [-0.2, 0) is 4.79 Å². The molecule has 3 heteroatoms. The average molecular weight is 184 g/mol. The smallest absolute Gasteiger partial charge is 0.224 e. The van der Waals surface area contributed by atoms with Gasteiger partial charge in [0.05, 0.1) is 0 Å². The van der Waals surface area contributed by atoms with Crippen molar-refractivity contribution in [1.29, 1.82) is 0 Å². The molecule has 0 spiro atoms. The molecule has 0 bridgehead atoms. The Morgan fingerprint density at radius 2 is 2.08 bits per heavy atom. The zero-order valence-electron chi connectivity index (χ0n) is 8.98. The highest BCUT2D eigenvalue weighted by molar-refractivity contribution is 5.83. The minimum absolute atomic E-state index is 0.153. The first-order valence-electron chi connectivity index (χ1n) is 4.81. The highest BCUT2D eigenvalue weighted by Crippen LogP contribution is 2.51. The fourth-order valence-corrected chi connectivity index (χ4v) is 1.39. The van der Waals surface area contributed by atoms with E-state index in [4.69, 9.17) is 5.73 Å². The first-order chi connectivity index (χ1) is 5.78. The minimum Gasteiger partial charge on any atom is -0.350 e. The molecule has 1 amide bonds. The Balaban J connectivity index is 2.44. The van der Waals surface area contributed by atoms with Crippen molar-refractivity contribution in [3.05, 3.63) is 0 Å². The van der Waals surface area contributed by atoms with Gasteiger partial charge in [0.1, 0.15) is 0 Å². The van der Waals surface area contributed by atoms with Gasteiger partial charge in [-0.05, 0) is 25.7 Å². The van der Waals surface area contributed by atoms with Crippen LogP contribution >= 0.6 is 0 Å². The lowest BCUT2D eigenvalue weighted by atomic mass is 10.0. The van der Waals surface area contributed by atoms with Crippen LogP contribution in [0.15, 0.2) is 0 Å². The number of rotatable bonds is 3. The van der Waals surface area contributed by atoms with Crippen molar-refractivity contribution in [2.24, 2.45) is 17.1 Å². The molecule has 1 unspecified atom stereocenters. The van der Waals surface area contributed by atoms with Gasteiger partial charge in [-0.1, -0.05) is 13.8 Å². The van der Waals surface area contributed by atoms with E-state index >= 15 is 0 Å². The van der Waals surface area contributed by atoms with E-state index in [1.807, 2.05) is 13.8 Å². The van der Waals surface area contributed by atoms with Crippen molar-refractivity contribution in [1.82, 2.24) is 5.32 Å². The van der Waals surface area contributed by atoms with Crippen LogP contribution in [0, 0.1) is 11.3 Å². The second kappa shape index (κ2) is 2.98. The van der Waals surface area contributed by atoms with Crippen LogP contribution in [-0.4, -0.2) is 18.0 Å². The summed E-state index contributed by atoms with van der Waals surface area (Å²) in [5.41, 5.74) is 5.46. The summed E-state index contributed by atoms with van der Waals surface area (Å²) in [6.07, 6.45) is 0.999. The molecule has 0 radical (unpaired) electrons. The molecule has 1 aliphatic rings. The predicted molar refractivity (Wildman–Crippen MR) is 53.2 cm³/mol. The number of nitrogens with one attached hydrogen (secondary N) is 1. The van der Waals surface area contributed by atoms with E-state index in [9.17, 15) is 4.79 Å². The SMILES string of the molecule is CC(C)(CN)NC(=O)C1CC1(C)C. The topological polar surface area (TPSA) is 55.1 Å². The van der Waals surface area contributed by atoms with Gasteiger partial charge in [-0.2, -0.15) is 0 Å². The summed E-state index contributed by atoms with van der Waals surface area (Å²) in [7, 11) is 0. The largest absolute Gasteiger partial charge is 0.350 e. The van der Waals surface area contributed by atoms with Crippen molar-refractivity contribution < 1.29 is 4.79 Å². The van der Waals surface area contributed by atoms with Crippen molar-refractivity contribution in [3.63, 3.8) is 0 Å². The van der Waals surface area contributed by atoms with Crippen molar-refractivity contribution in [3.8, 4) is 0 Å². The summed E-state index contributed by atoms with van der Waals surface area (Å²) in [5.74, 6) is 0.346. The molecule has 0 aromatic heterocycles. The summed E-state index contributed by atoms with van der Waals surface area (Å²) in [4.78, 5) is 11.6. The van der Waals surface area contributed by atoms with Crippen LogP contribution in [0.25, 0.3) is 0 Å². The van der Waals surface area contributed by atoms with Crippen LogP contribution in [0.4, 0.5) is 0 Å². The molecule has 1 rings (SSSR count). The molecular weight excluding hydrogens is 164 g/mol. The molecule has 76 valence electrons. The quantitative estimate of drug-likeness (QED) is 0.684. The van der Waals surface area contributed by atoms with Gasteiger partial charge in [0.25, 0.3) is 0 Å². The minimum atomic E-state index is -0.268. The maximum Gasteiger partial charge on any atom is 0.224 e. The van der Waals surface area contributed by atoms with Gasteiger partial charge in [0.15, 0.2) is 0 Å². The maximum atomic E-state index is 11.6. The van der Waals surface area contributed by atoms with Crippen LogP contribution in [0.3, 0.4) is 0 Å². The zero-order chi connectivity index (χ0) is 10.3. The van der Waals surface area contributed by atoms with E-state index < -0.39 is 0 Å². The second-order valence-electron chi connectivity index (χ2n) is 5.32. The predicted octanol–water partition coefficient (Wildman–Crippen LogP) is 0.886. The Morgan fingerprint density at radius 3 is 2.38 bits per heavy atom. The van der Waals surface area contributed by atoms with E-state index in [1.54, 1.807) is 0 Å². The summed E-state index contributed by atoms with van der Waals surface area (Å²) in [6, 6.07) is 0. The van der Waals surface area contributed by atoms with Crippen molar-refractivity contribution >= 4 is 5.91 Å².